The molecule has 2 heterocycles. The summed E-state index contributed by atoms with van der Waals surface area (Å²) in [5.41, 5.74) is 1.63. The summed E-state index contributed by atoms with van der Waals surface area (Å²) >= 11 is 5.97. The highest BCUT2D eigenvalue weighted by Gasteiger charge is 2.36. The van der Waals surface area contributed by atoms with Crippen LogP contribution in [0, 0.1) is 11.3 Å². The van der Waals surface area contributed by atoms with E-state index in [2.05, 4.69) is 15.6 Å². The molecular weight excluding hydrogens is 472 g/mol. The quantitative estimate of drug-likeness (QED) is 0.502. The summed E-state index contributed by atoms with van der Waals surface area (Å²) in [4.78, 5) is 31.8. The van der Waals surface area contributed by atoms with Crippen molar-refractivity contribution in [1.82, 2.24) is 20.1 Å². The van der Waals surface area contributed by atoms with Crippen LogP contribution in [-0.4, -0.2) is 47.3 Å². The number of imide groups is 1. The van der Waals surface area contributed by atoms with Gasteiger partial charge in [0.2, 0.25) is 5.88 Å². The maximum atomic E-state index is 12.9. The van der Waals surface area contributed by atoms with Gasteiger partial charge in [-0.3, -0.25) is 10.2 Å². The number of halogens is 1. The Morgan fingerprint density at radius 3 is 2.63 bits per heavy atom. The Kier molecular flexibility index (Phi) is 6.89. The maximum Gasteiger partial charge on any atom is 0.331 e. The average molecular weight is 493 g/mol. The van der Waals surface area contributed by atoms with Crippen LogP contribution in [-0.2, 0) is 6.54 Å². The number of carbonyl (C=O) groups excluding carboxylic acids is 2. The molecule has 2 N–H and O–H groups in total. The van der Waals surface area contributed by atoms with Gasteiger partial charge in [0.25, 0.3) is 0 Å². The third-order valence-corrected chi connectivity index (χ3v) is 5.45. The molecule has 1 atom stereocenters. The molecule has 4 amide bonds. The van der Waals surface area contributed by atoms with Gasteiger partial charge in [-0.25, -0.2) is 19.5 Å². The normalized spacial score (nSPS) is 15.3. The molecule has 0 radical (unpaired) electrons. The molecule has 35 heavy (non-hydrogen) atoms. The van der Waals surface area contributed by atoms with E-state index < -0.39 is 18.4 Å². The fourth-order valence-electron chi connectivity index (χ4n) is 3.39. The first-order valence-corrected chi connectivity index (χ1v) is 10.8. The average Bonchev–Trinajstić information content (AvgIpc) is 2.87. The lowest BCUT2D eigenvalue weighted by atomic mass is 10.2. The third kappa shape index (κ3) is 5.37. The summed E-state index contributed by atoms with van der Waals surface area (Å²) in [7, 11) is 2.89. The van der Waals surface area contributed by atoms with E-state index in [0.29, 0.717) is 22.2 Å². The van der Waals surface area contributed by atoms with Crippen LogP contribution in [0.1, 0.15) is 11.3 Å². The molecule has 1 aliphatic heterocycles. The van der Waals surface area contributed by atoms with E-state index in [0.717, 1.165) is 10.5 Å². The van der Waals surface area contributed by atoms with Gasteiger partial charge >= 0.3 is 12.1 Å². The van der Waals surface area contributed by atoms with Crippen LogP contribution in [0.3, 0.4) is 0 Å². The molecule has 10 nitrogen and oxygen atoms in total. The summed E-state index contributed by atoms with van der Waals surface area (Å²) in [5.74, 6) is 1.00. The van der Waals surface area contributed by atoms with Gasteiger partial charge in [-0.1, -0.05) is 29.8 Å². The molecule has 4 rings (SSSR count). The summed E-state index contributed by atoms with van der Waals surface area (Å²) in [6, 6.07) is 18.0. The summed E-state index contributed by atoms with van der Waals surface area (Å²) < 4.78 is 11.2. The Morgan fingerprint density at radius 1 is 1.14 bits per heavy atom. The SMILES string of the molecule is COc1cc(NC2NC(=O)N(C)C(=O)N2Cc2ccc(Cl)cc2)ccc1Oc1cccc(C#N)n1. The van der Waals surface area contributed by atoms with Crippen molar-refractivity contribution in [3.63, 3.8) is 0 Å². The number of nitriles is 1. The van der Waals surface area contributed by atoms with Crippen LogP contribution in [0.25, 0.3) is 0 Å². The first-order chi connectivity index (χ1) is 16.9. The van der Waals surface area contributed by atoms with Crippen molar-refractivity contribution in [2.24, 2.45) is 0 Å². The molecule has 2 aromatic carbocycles. The fraction of sp³-hybridized carbons (Fsp3) is 0.167. The van der Waals surface area contributed by atoms with Gasteiger partial charge in [-0.2, -0.15) is 5.26 Å². The number of anilines is 1. The Bertz CT molecular complexity index is 1290. The largest absolute Gasteiger partial charge is 0.493 e. The minimum atomic E-state index is -0.827. The number of amides is 4. The number of benzene rings is 2. The van der Waals surface area contributed by atoms with Gasteiger partial charge in [0.05, 0.1) is 13.7 Å². The summed E-state index contributed by atoms with van der Waals surface area (Å²) in [5, 5.41) is 15.5. The predicted molar refractivity (Wildman–Crippen MR) is 128 cm³/mol. The number of aromatic nitrogens is 1. The molecule has 1 aromatic heterocycles. The van der Waals surface area contributed by atoms with E-state index in [1.165, 1.54) is 19.1 Å². The predicted octanol–water partition coefficient (Wildman–Crippen LogP) is 4.38. The monoisotopic (exact) mass is 492 g/mol. The minimum absolute atomic E-state index is 0.225. The highest BCUT2D eigenvalue weighted by Crippen LogP contribution is 2.34. The number of nitrogens with zero attached hydrogens (tertiary/aromatic N) is 4. The van der Waals surface area contributed by atoms with E-state index in [9.17, 15) is 9.59 Å². The van der Waals surface area contributed by atoms with Crippen molar-refractivity contribution in [1.29, 1.82) is 5.26 Å². The van der Waals surface area contributed by atoms with Crippen LogP contribution < -0.4 is 20.1 Å². The Morgan fingerprint density at radius 2 is 1.91 bits per heavy atom. The molecule has 1 aliphatic rings. The van der Waals surface area contributed by atoms with Crippen molar-refractivity contribution >= 4 is 29.4 Å². The topological polar surface area (TPSA) is 120 Å². The number of methoxy groups -OCH3 is 1. The zero-order valence-electron chi connectivity index (χ0n) is 18.9. The van der Waals surface area contributed by atoms with Crippen LogP contribution in [0.15, 0.2) is 60.7 Å². The first kappa shape index (κ1) is 23.7. The van der Waals surface area contributed by atoms with Crippen LogP contribution in [0.4, 0.5) is 15.3 Å². The standard InChI is InChI=1S/C24H21ClN6O4/c1-30-23(32)29-22(31(24(30)33)14-15-6-8-16(25)9-7-15)28-17-10-11-19(20(12-17)34-2)35-21-5-3-4-18(13-26)27-21/h3-12,22,28H,14H2,1-2H3,(H,29,32). The number of nitrogens with one attached hydrogen (secondary N) is 2. The lowest BCUT2D eigenvalue weighted by molar-refractivity contribution is 0.114. The van der Waals surface area contributed by atoms with Gasteiger partial charge in [-0.05, 0) is 35.9 Å². The molecule has 1 unspecified atom stereocenters. The van der Waals surface area contributed by atoms with Gasteiger partial charge in [0.1, 0.15) is 11.8 Å². The zero-order chi connectivity index (χ0) is 24.9. The molecule has 178 valence electrons. The van der Waals surface area contributed by atoms with Crippen LogP contribution in [0.5, 0.6) is 17.4 Å². The number of hydrogen-bond acceptors (Lipinski definition) is 7. The van der Waals surface area contributed by atoms with Crippen molar-refractivity contribution in [2.45, 2.75) is 12.8 Å². The fourth-order valence-corrected chi connectivity index (χ4v) is 3.51. The van der Waals surface area contributed by atoms with Gasteiger partial charge < -0.3 is 14.8 Å². The Labute approximate surface area is 206 Å². The second-order valence-electron chi connectivity index (χ2n) is 7.53. The molecule has 0 spiro atoms. The van der Waals surface area contributed by atoms with E-state index >= 15 is 0 Å². The van der Waals surface area contributed by atoms with Crippen LogP contribution >= 0.6 is 11.6 Å². The smallest absolute Gasteiger partial charge is 0.331 e. The Hall–Kier alpha value is -4.49. The van der Waals surface area contributed by atoms with Crippen molar-refractivity contribution in [2.75, 3.05) is 19.5 Å². The number of urea groups is 2. The van der Waals surface area contributed by atoms with Crippen molar-refractivity contribution in [3.8, 4) is 23.4 Å². The highest BCUT2D eigenvalue weighted by molar-refractivity contribution is 6.30. The molecule has 1 fully saturated rings. The molecule has 1 saturated heterocycles. The lowest BCUT2D eigenvalue weighted by Gasteiger charge is -2.40. The second kappa shape index (κ2) is 10.2. The number of ether oxygens (including phenoxy) is 2. The van der Waals surface area contributed by atoms with E-state index in [-0.39, 0.29) is 18.1 Å². The zero-order valence-corrected chi connectivity index (χ0v) is 19.6. The maximum absolute atomic E-state index is 12.9. The summed E-state index contributed by atoms with van der Waals surface area (Å²) in [6.45, 7) is 0.234. The third-order valence-electron chi connectivity index (χ3n) is 5.19. The number of pyridine rings is 1. The molecular formula is C24H21ClN6O4. The van der Waals surface area contributed by atoms with Gasteiger partial charge in [-0.15, -0.1) is 0 Å². The molecule has 0 aliphatic carbocycles. The number of carbonyl (C=O) groups is 2. The Balaban J connectivity index is 1.56. The van der Waals surface area contributed by atoms with E-state index in [1.54, 1.807) is 48.5 Å². The second-order valence-corrected chi connectivity index (χ2v) is 7.97. The van der Waals surface area contributed by atoms with Gasteiger partial charge in [0.15, 0.2) is 17.8 Å². The number of rotatable bonds is 7. The molecule has 11 heteroatoms. The van der Waals surface area contributed by atoms with Crippen LogP contribution in [0.2, 0.25) is 5.02 Å². The first-order valence-electron chi connectivity index (χ1n) is 10.5. The number of hydrogen-bond donors (Lipinski definition) is 2. The van der Waals surface area contributed by atoms with Crippen molar-refractivity contribution < 1.29 is 19.1 Å². The van der Waals surface area contributed by atoms with Gasteiger partial charge in [0, 0.05) is 29.9 Å². The van der Waals surface area contributed by atoms with Crippen molar-refractivity contribution in [3.05, 3.63) is 76.9 Å². The molecule has 3 aromatic rings. The van der Waals surface area contributed by atoms with E-state index in [1.807, 2.05) is 18.2 Å². The molecule has 0 bridgehead atoms. The highest BCUT2D eigenvalue weighted by atomic mass is 35.5. The van der Waals surface area contributed by atoms with E-state index in [4.69, 9.17) is 26.3 Å². The lowest BCUT2D eigenvalue weighted by Crippen LogP contribution is -2.65. The summed E-state index contributed by atoms with van der Waals surface area (Å²) in [6.07, 6.45) is -0.827. The molecule has 0 saturated carbocycles. The minimum Gasteiger partial charge on any atom is -0.493 e.